The van der Waals surface area contributed by atoms with Gasteiger partial charge in [-0.15, -0.1) is 11.6 Å². The lowest BCUT2D eigenvalue weighted by Crippen LogP contribution is -2.26. The van der Waals surface area contributed by atoms with Crippen molar-refractivity contribution in [2.75, 3.05) is 17.7 Å². The van der Waals surface area contributed by atoms with Gasteiger partial charge in [-0.2, -0.15) is 5.26 Å². The molecular formula is C13H12ClN5O. The van der Waals surface area contributed by atoms with Crippen molar-refractivity contribution < 1.29 is 4.79 Å². The number of hydrogen-bond acceptors (Lipinski definition) is 4. The standard InChI is InChI=1S/C13H12ClN5O/c14-3-4-16-13(20)9(6-15)7-17-10-1-2-11-12(5-10)19-8-18-11/h1-2,5,7-8,17H,3-4H2,(H,16,20)(H,18,19)/b9-7-. The van der Waals surface area contributed by atoms with Crippen molar-refractivity contribution in [1.29, 1.82) is 5.26 Å². The highest BCUT2D eigenvalue weighted by Crippen LogP contribution is 2.15. The van der Waals surface area contributed by atoms with E-state index in [4.69, 9.17) is 16.9 Å². The molecule has 0 saturated carbocycles. The third kappa shape index (κ3) is 3.28. The van der Waals surface area contributed by atoms with Crippen LogP contribution in [0.1, 0.15) is 0 Å². The van der Waals surface area contributed by atoms with Gasteiger partial charge in [0.1, 0.15) is 11.6 Å². The van der Waals surface area contributed by atoms with Crippen molar-refractivity contribution in [3.63, 3.8) is 0 Å². The number of fused-ring (bicyclic) bond motifs is 1. The number of rotatable bonds is 5. The summed E-state index contributed by atoms with van der Waals surface area (Å²) in [4.78, 5) is 18.7. The van der Waals surface area contributed by atoms with E-state index in [1.807, 2.05) is 24.3 Å². The van der Waals surface area contributed by atoms with Gasteiger partial charge >= 0.3 is 0 Å². The zero-order valence-electron chi connectivity index (χ0n) is 10.5. The van der Waals surface area contributed by atoms with Crippen molar-refractivity contribution >= 4 is 34.2 Å². The number of nitrogens with one attached hydrogen (secondary N) is 3. The number of benzene rings is 1. The van der Waals surface area contributed by atoms with Crippen LogP contribution in [0, 0.1) is 11.3 Å². The topological polar surface area (TPSA) is 93.6 Å². The molecule has 20 heavy (non-hydrogen) atoms. The Balaban J connectivity index is 2.09. The maximum Gasteiger partial charge on any atom is 0.263 e. The van der Waals surface area contributed by atoms with Gasteiger partial charge in [0, 0.05) is 24.3 Å². The van der Waals surface area contributed by atoms with Crippen LogP contribution >= 0.6 is 11.6 Å². The number of carbonyl (C=O) groups excluding carboxylic acids is 1. The van der Waals surface area contributed by atoms with Crippen molar-refractivity contribution in [3.8, 4) is 6.07 Å². The predicted molar refractivity (Wildman–Crippen MR) is 77.1 cm³/mol. The average Bonchev–Trinajstić information content (AvgIpc) is 2.93. The maximum absolute atomic E-state index is 11.6. The van der Waals surface area contributed by atoms with Gasteiger partial charge in [0.15, 0.2) is 0 Å². The van der Waals surface area contributed by atoms with E-state index in [1.165, 1.54) is 6.20 Å². The Kier molecular flexibility index (Phi) is 4.58. The van der Waals surface area contributed by atoms with Gasteiger partial charge < -0.3 is 15.6 Å². The second kappa shape index (κ2) is 6.59. The Bertz CT molecular complexity index is 685. The molecule has 3 N–H and O–H groups in total. The zero-order chi connectivity index (χ0) is 14.4. The number of aromatic nitrogens is 2. The van der Waals surface area contributed by atoms with E-state index in [0.717, 1.165) is 16.7 Å². The summed E-state index contributed by atoms with van der Waals surface area (Å²) < 4.78 is 0. The van der Waals surface area contributed by atoms with Crippen LogP contribution in [0.4, 0.5) is 5.69 Å². The minimum atomic E-state index is -0.455. The number of hydrogen-bond donors (Lipinski definition) is 3. The molecule has 6 nitrogen and oxygen atoms in total. The number of imidazole rings is 1. The van der Waals surface area contributed by atoms with Gasteiger partial charge in [0.25, 0.3) is 5.91 Å². The minimum absolute atomic E-state index is 0.0141. The molecule has 0 fully saturated rings. The van der Waals surface area contributed by atoms with Gasteiger partial charge in [-0.25, -0.2) is 4.98 Å². The normalized spacial score (nSPS) is 11.1. The van der Waals surface area contributed by atoms with Gasteiger partial charge in [0.05, 0.1) is 17.4 Å². The molecule has 0 aliphatic heterocycles. The second-order valence-corrected chi connectivity index (χ2v) is 4.27. The number of anilines is 1. The van der Waals surface area contributed by atoms with E-state index in [1.54, 1.807) is 6.33 Å². The lowest BCUT2D eigenvalue weighted by molar-refractivity contribution is -0.117. The van der Waals surface area contributed by atoms with Crippen molar-refractivity contribution in [2.24, 2.45) is 0 Å². The second-order valence-electron chi connectivity index (χ2n) is 3.89. The van der Waals surface area contributed by atoms with Gasteiger partial charge in [-0.05, 0) is 18.2 Å². The van der Waals surface area contributed by atoms with Crippen LogP contribution < -0.4 is 10.6 Å². The summed E-state index contributed by atoms with van der Waals surface area (Å²) in [6.07, 6.45) is 2.96. The highest BCUT2D eigenvalue weighted by atomic mass is 35.5. The molecule has 2 rings (SSSR count). The summed E-state index contributed by atoms with van der Waals surface area (Å²) in [6.45, 7) is 0.319. The number of nitrogens with zero attached hydrogens (tertiary/aromatic N) is 2. The van der Waals surface area contributed by atoms with Gasteiger partial charge in [-0.3, -0.25) is 4.79 Å². The van der Waals surface area contributed by atoms with Crippen molar-refractivity contribution in [3.05, 3.63) is 36.3 Å². The Morgan fingerprint density at radius 2 is 2.40 bits per heavy atom. The molecule has 7 heteroatoms. The summed E-state index contributed by atoms with van der Waals surface area (Å²) in [5.74, 6) is -0.155. The number of amides is 1. The minimum Gasteiger partial charge on any atom is -0.360 e. The first kappa shape index (κ1) is 13.9. The van der Waals surface area contributed by atoms with E-state index in [2.05, 4.69) is 20.6 Å². The molecule has 0 aliphatic rings. The van der Waals surface area contributed by atoms with E-state index in [9.17, 15) is 4.79 Å². The summed E-state index contributed by atoms with van der Waals surface area (Å²) in [6, 6.07) is 7.32. The fraction of sp³-hybridized carbons (Fsp3) is 0.154. The van der Waals surface area contributed by atoms with Crippen LogP contribution in [0.25, 0.3) is 11.0 Å². The van der Waals surface area contributed by atoms with Crippen LogP contribution in [0.3, 0.4) is 0 Å². The van der Waals surface area contributed by atoms with Gasteiger partial charge in [-0.1, -0.05) is 0 Å². The first-order valence-corrected chi connectivity index (χ1v) is 6.42. The Hall–Kier alpha value is -2.52. The predicted octanol–water partition coefficient (Wildman–Crippen LogP) is 1.74. The first-order valence-electron chi connectivity index (χ1n) is 5.88. The summed E-state index contributed by atoms with van der Waals surface area (Å²) in [5.41, 5.74) is 2.45. The number of nitriles is 1. The molecule has 0 bridgehead atoms. The number of aromatic amines is 1. The highest BCUT2D eigenvalue weighted by Gasteiger charge is 2.07. The van der Waals surface area contributed by atoms with Gasteiger partial charge in [0.2, 0.25) is 0 Å². The molecule has 2 aromatic rings. The fourth-order valence-electron chi connectivity index (χ4n) is 1.59. The molecule has 1 aromatic carbocycles. The number of carbonyl (C=O) groups is 1. The summed E-state index contributed by atoms with van der Waals surface area (Å²) in [5, 5.41) is 14.4. The number of H-pyrrole nitrogens is 1. The summed E-state index contributed by atoms with van der Waals surface area (Å²) >= 11 is 5.47. The lowest BCUT2D eigenvalue weighted by atomic mass is 10.2. The van der Waals surface area contributed by atoms with E-state index in [-0.39, 0.29) is 5.57 Å². The monoisotopic (exact) mass is 289 g/mol. The molecule has 1 heterocycles. The Labute approximate surface area is 120 Å². The third-order valence-corrected chi connectivity index (χ3v) is 2.74. The maximum atomic E-state index is 11.6. The number of alkyl halides is 1. The number of halogens is 1. The van der Waals surface area contributed by atoms with Crippen LogP contribution in [0.5, 0.6) is 0 Å². The molecule has 0 radical (unpaired) electrons. The quantitative estimate of drug-likeness (QED) is 0.444. The molecule has 102 valence electrons. The van der Waals surface area contributed by atoms with E-state index < -0.39 is 5.91 Å². The van der Waals surface area contributed by atoms with E-state index in [0.29, 0.717) is 12.4 Å². The third-order valence-electron chi connectivity index (χ3n) is 2.55. The smallest absolute Gasteiger partial charge is 0.263 e. The molecule has 0 atom stereocenters. The van der Waals surface area contributed by atoms with Crippen molar-refractivity contribution in [1.82, 2.24) is 15.3 Å². The Morgan fingerprint density at radius 3 is 3.15 bits per heavy atom. The first-order chi connectivity index (χ1) is 9.74. The average molecular weight is 290 g/mol. The zero-order valence-corrected chi connectivity index (χ0v) is 11.2. The van der Waals surface area contributed by atoms with Crippen LogP contribution in [0.2, 0.25) is 0 Å². The van der Waals surface area contributed by atoms with Crippen molar-refractivity contribution in [2.45, 2.75) is 0 Å². The highest BCUT2D eigenvalue weighted by molar-refractivity contribution is 6.18. The van der Waals surface area contributed by atoms with E-state index >= 15 is 0 Å². The molecule has 1 aromatic heterocycles. The molecule has 0 spiro atoms. The molecule has 1 amide bonds. The Morgan fingerprint density at radius 1 is 1.55 bits per heavy atom. The SMILES string of the molecule is N#C/C(=C/Nc1ccc2nc[nH]c2c1)C(=O)NCCCl. The summed E-state index contributed by atoms with van der Waals surface area (Å²) in [7, 11) is 0. The largest absolute Gasteiger partial charge is 0.360 e. The molecule has 0 unspecified atom stereocenters. The van der Waals surface area contributed by atoms with Crippen LogP contribution in [-0.2, 0) is 4.79 Å². The lowest BCUT2D eigenvalue weighted by Gasteiger charge is -2.03. The molecule has 0 saturated heterocycles. The molecule has 0 aliphatic carbocycles. The molecular weight excluding hydrogens is 278 g/mol. The fourth-order valence-corrected chi connectivity index (χ4v) is 1.68. The van der Waals surface area contributed by atoms with Crippen LogP contribution in [-0.4, -0.2) is 28.3 Å². The van der Waals surface area contributed by atoms with Crippen LogP contribution in [0.15, 0.2) is 36.3 Å².